The van der Waals surface area contributed by atoms with Gasteiger partial charge in [0.1, 0.15) is 5.69 Å². The summed E-state index contributed by atoms with van der Waals surface area (Å²) in [5.74, 6) is -0.380. The molecule has 6 nitrogen and oxygen atoms in total. The van der Waals surface area contributed by atoms with Gasteiger partial charge in [-0.15, -0.1) is 11.3 Å². The van der Waals surface area contributed by atoms with Gasteiger partial charge < -0.3 is 0 Å². The molecule has 0 saturated heterocycles. The van der Waals surface area contributed by atoms with Gasteiger partial charge >= 0.3 is 0 Å². The second kappa shape index (κ2) is 7.40. The van der Waals surface area contributed by atoms with Crippen molar-refractivity contribution in [3.8, 4) is 11.3 Å². The van der Waals surface area contributed by atoms with E-state index in [1.54, 1.807) is 0 Å². The highest BCUT2D eigenvalue weighted by molar-refractivity contribution is 7.14. The molecule has 0 radical (unpaired) electrons. The first-order valence-electron chi connectivity index (χ1n) is 7.99. The third kappa shape index (κ3) is 4.00. The number of nitrogens with zero attached hydrogens (tertiary/aromatic N) is 3. The largest absolute Gasteiger partial charge is 0.296 e. The number of amides is 1. The molecule has 0 fully saturated rings. The summed E-state index contributed by atoms with van der Waals surface area (Å²) in [5.41, 5.74) is 2.97. The molecule has 2 aromatic heterocycles. The molecular weight excluding hydrogens is 336 g/mol. The fourth-order valence-corrected chi connectivity index (χ4v) is 3.01. The lowest BCUT2D eigenvalue weighted by Gasteiger charge is -2.05. The van der Waals surface area contributed by atoms with Crippen LogP contribution >= 0.6 is 11.3 Å². The number of rotatable bonds is 5. The van der Waals surface area contributed by atoms with E-state index in [1.165, 1.54) is 33.7 Å². The Kier molecular flexibility index (Phi) is 5.04. The Morgan fingerprint density at radius 2 is 1.96 bits per heavy atom. The molecule has 0 aliphatic heterocycles. The van der Waals surface area contributed by atoms with E-state index in [4.69, 9.17) is 0 Å². The number of aryl methyl sites for hydroxylation is 2. The van der Waals surface area contributed by atoms with Gasteiger partial charge in [-0.3, -0.25) is 14.9 Å². The van der Waals surface area contributed by atoms with Crippen LogP contribution in [0, 0.1) is 6.92 Å². The highest BCUT2D eigenvalue weighted by atomic mass is 32.1. The van der Waals surface area contributed by atoms with Gasteiger partial charge in [0, 0.05) is 23.6 Å². The van der Waals surface area contributed by atoms with Crippen LogP contribution in [-0.2, 0) is 6.54 Å². The van der Waals surface area contributed by atoms with Gasteiger partial charge in [0.2, 0.25) is 0 Å². The normalized spacial score (nSPS) is 10.6. The second-order valence-corrected chi connectivity index (χ2v) is 6.50. The molecule has 0 spiro atoms. The van der Waals surface area contributed by atoms with Crippen molar-refractivity contribution in [2.45, 2.75) is 26.8 Å². The Balaban J connectivity index is 1.76. The fraction of sp³-hybridized carbons (Fsp3) is 0.222. The van der Waals surface area contributed by atoms with E-state index in [9.17, 15) is 9.59 Å². The third-order valence-electron chi connectivity index (χ3n) is 3.61. The zero-order valence-electron chi connectivity index (χ0n) is 14.0. The van der Waals surface area contributed by atoms with E-state index in [0.29, 0.717) is 11.7 Å². The molecule has 128 valence electrons. The number of hydrogen-bond acceptors (Lipinski definition) is 5. The van der Waals surface area contributed by atoms with Crippen LogP contribution in [0.4, 0.5) is 5.13 Å². The van der Waals surface area contributed by atoms with Crippen molar-refractivity contribution in [2.24, 2.45) is 0 Å². The predicted molar refractivity (Wildman–Crippen MR) is 99.0 cm³/mol. The van der Waals surface area contributed by atoms with Gasteiger partial charge in [0.25, 0.3) is 11.5 Å². The maximum absolute atomic E-state index is 12.3. The van der Waals surface area contributed by atoms with E-state index < -0.39 is 0 Å². The van der Waals surface area contributed by atoms with Crippen LogP contribution in [0.15, 0.2) is 46.6 Å². The van der Waals surface area contributed by atoms with Crippen molar-refractivity contribution >= 4 is 22.4 Å². The summed E-state index contributed by atoms with van der Waals surface area (Å²) in [6, 6.07) is 10.8. The SMILES string of the molecule is CCCn1nc(C(=O)Nc2nc(-c3ccc(C)cc3)cs2)ccc1=O. The average molecular weight is 354 g/mol. The van der Waals surface area contributed by atoms with Gasteiger partial charge in [0.15, 0.2) is 5.13 Å². The van der Waals surface area contributed by atoms with Crippen molar-refractivity contribution in [1.29, 1.82) is 0 Å². The van der Waals surface area contributed by atoms with E-state index in [-0.39, 0.29) is 17.2 Å². The first-order valence-corrected chi connectivity index (χ1v) is 8.87. The Morgan fingerprint density at radius 3 is 2.68 bits per heavy atom. The smallest absolute Gasteiger partial charge is 0.277 e. The molecule has 0 aliphatic carbocycles. The molecule has 3 rings (SSSR count). The number of carbonyl (C=O) groups excluding carboxylic acids is 1. The van der Waals surface area contributed by atoms with E-state index in [0.717, 1.165) is 17.7 Å². The second-order valence-electron chi connectivity index (χ2n) is 5.64. The van der Waals surface area contributed by atoms with Gasteiger partial charge in [0.05, 0.1) is 5.69 Å². The minimum atomic E-state index is -0.380. The minimum absolute atomic E-state index is 0.195. The number of thiazole rings is 1. The first-order chi connectivity index (χ1) is 12.1. The summed E-state index contributed by atoms with van der Waals surface area (Å²) in [4.78, 5) is 28.5. The number of aromatic nitrogens is 3. The molecule has 7 heteroatoms. The molecule has 0 saturated carbocycles. The van der Waals surface area contributed by atoms with Crippen molar-refractivity contribution in [2.75, 3.05) is 5.32 Å². The Morgan fingerprint density at radius 1 is 1.20 bits per heavy atom. The highest BCUT2D eigenvalue weighted by Gasteiger charge is 2.12. The summed E-state index contributed by atoms with van der Waals surface area (Å²) in [7, 11) is 0. The lowest BCUT2D eigenvalue weighted by Crippen LogP contribution is -2.26. The van der Waals surface area contributed by atoms with Crippen molar-refractivity contribution in [3.63, 3.8) is 0 Å². The van der Waals surface area contributed by atoms with Crippen molar-refractivity contribution < 1.29 is 4.79 Å². The fourth-order valence-electron chi connectivity index (χ4n) is 2.29. The van der Waals surface area contributed by atoms with E-state index >= 15 is 0 Å². The quantitative estimate of drug-likeness (QED) is 0.762. The Labute approximate surface area is 149 Å². The monoisotopic (exact) mass is 354 g/mol. The molecule has 25 heavy (non-hydrogen) atoms. The predicted octanol–water partition coefficient (Wildman–Crippen LogP) is 3.34. The summed E-state index contributed by atoms with van der Waals surface area (Å²) in [6.45, 7) is 4.46. The highest BCUT2D eigenvalue weighted by Crippen LogP contribution is 2.25. The van der Waals surface area contributed by atoms with Crippen LogP contribution in [0.1, 0.15) is 29.4 Å². The topological polar surface area (TPSA) is 76.9 Å². The number of nitrogens with one attached hydrogen (secondary N) is 1. The zero-order valence-corrected chi connectivity index (χ0v) is 14.8. The third-order valence-corrected chi connectivity index (χ3v) is 4.36. The number of anilines is 1. The molecular formula is C18H18N4O2S. The number of hydrogen-bond donors (Lipinski definition) is 1. The first kappa shape index (κ1) is 17.0. The van der Waals surface area contributed by atoms with Crippen LogP contribution in [0.3, 0.4) is 0 Å². The zero-order chi connectivity index (χ0) is 17.8. The van der Waals surface area contributed by atoms with Crippen molar-refractivity contribution in [3.05, 3.63) is 63.4 Å². The molecule has 3 aromatic rings. The molecule has 0 atom stereocenters. The lowest BCUT2D eigenvalue weighted by atomic mass is 10.1. The van der Waals surface area contributed by atoms with Crippen molar-refractivity contribution in [1.82, 2.24) is 14.8 Å². The molecule has 1 aromatic carbocycles. The standard InChI is InChI=1S/C18H18N4O2S/c1-3-10-22-16(23)9-8-14(21-22)17(24)20-18-19-15(11-25-18)13-6-4-12(2)5-7-13/h4-9,11H,3,10H2,1-2H3,(H,19,20,24). The van der Waals surface area contributed by atoms with Gasteiger partial charge in [-0.25, -0.2) is 9.67 Å². The maximum Gasteiger partial charge on any atom is 0.277 e. The molecule has 0 aliphatic rings. The number of carbonyl (C=O) groups is 1. The molecule has 2 heterocycles. The minimum Gasteiger partial charge on any atom is -0.296 e. The molecule has 0 unspecified atom stereocenters. The Hall–Kier alpha value is -2.80. The average Bonchev–Trinajstić information content (AvgIpc) is 3.06. The summed E-state index contributed by atoms with van der Waals surface area (Å²) in [5, 5.41) is 9.23. The van der Waals surface area contributed by atoms with E-state index in [2.05, 4.69) is 15.4 Å². The maximum atomic E-state index is 12.3. The van der Waals surface area contributed by atoms with Crippen LogP contribution in [0.2, 0.25) is 0 Å². The molecule has 1 N–H and O–H groups in total. The van der Waals surface area contributed by atoms with E-state index in [1.807, 2.05) is 43.5 Å². The summed E-state index contributed by atoms with van der Waals surface area (Å²) >= 11 is 1.35. The van der Waals surface area contributed by atoms with Crippen LogP contribution in [0.25, 0.3) is 11.3 Å². The van der Waals surface area contributed by atoms with Crippen LogP contribution < -0.4 is 10.9 Å². The van der Waals surface area contributed by atoms with Gasteiger partial charge in [-0.2, -0.15) is 5.10 Å². The van der Waals surface area contributed by atoms with Crippen LogP contribution in [-0.4, -0.2) is 20.7 Å². The summed E-state index contributed by atoms with van der Waals surface area (Å²) < 4.78 is 1.30. The van der Waals surface area contributed by atoms with Gasteiger partial charge in [-0.1, -0.05) is 36.8 Å². The number of benzene rings is 1. The lowest BCUT2D eigenvalue weighted by molar-refractivity contribution is 0.101. The molecule has 1 amide bonds. The molecule has 0 bridgehead atoms. The van der Waals surface area contributed by atoms with Gasteiger partial charge in [-0.05, 0) is 19.4 Å². The summed E-state index contributed by atoms with van der Waals surface area (Å²) in [6.07, 6.45) is 0.768. The van der Waals surface area contributed by atoms with Crippen LogP contribution in [0.5, 0.6) is 0 Å². The Bertz CT molecular complexity index is 944.